The first-order valence-electron chi connectivity index (χ1n) is 15.8. The second-order valence-electron chi connectivity index (χ2n) is 12.7. The lowest BCUT2D eigenvalue weighted by Crippen LogP contribution is -2.52. The molecule has 3 amide bonds. The molecule has 0 unspecified atom stereocenters. The van der Waals surface area contributed by atoms with Gasteiger partial charge in [-0.05, 0) is 52.1 Å². The highest BCUT2D eigenvalue weighted by atomic mass is 19.1. The molecule has 2 saturated heterocycles. The molecule has 2 bridgehead atoms. The van der Waals surface area contributed by atoms with Gasteiger partial charge in [0.1, 0.15) is 17.2 Å². The molecule has 252 valence electrons. The Morgan fingerprint density at radius 1 is 1.26 bits per heavy atom. The Morgan fingerprint density at radius 2 is 2.06 bits per heavy atom. The molecule has 6 rings (SSSR count). The first-order chi connectivity index (χ1) is 22.5. The first-order valence-corrected chi connectivity index (χ1v) is 15.8. The predicted octanol–water partition coefficient (Wildman–Crippen LogP) is 2.93. The van der Waals surface area contributed by atoms with Gasteiger partial charge < -0.3 is 39.3 Å². The Hall–Kier alpha value is -4.53. The molecule has 2 N–H and O–H groups in total. The maximum absolute atomic E-state index is 14.3. The van der Waals surface area contributed by atoms with Gasteiger partial charge in [0.05, 0.1) is 11.8 Å². The molecule has 47 heavy (non-hydrogen) atoms. The van der Waals surface area contributed by atoms with Crippen LogP contribution >= 0.6 is 0 Å². The van der Waals surface area contributed by atoms with Crippen molar-refractivity contribution < 1.29 is 37.5 Å². The number of benzene rings is 1. The van der Waals surface area contributed by atoms with Gasteiger partial charge in [-0.25, -0.2) is 13.6 Å². The van der Waals surface area contributed by atoms with Crippen LogP contribution in [0.3, 0.4) is 0 Å². The van der Waals surface area contributed by atoms with Crippen LogP contribution in [0.2, 0.25) is 0 Å². The number of amides is 3. The van der Waals surface area contributed by atoms with E-state index in [1.807, 2.05) is 13.8 Å². The molecular weight excluding hydrogens is 618 g/mol. The fourth-order valence-corrected chi connectivity index (χ4v) is 6.91. The van der Waals surface area contributed by atoms with Crippen molar-refractivity contribution in [2.75, 3.05) is 33.5 Å². The Bertz CT molecular complexity index is 1680. The number of hydrogen-bond donors (Lipinski definition) is 2. The molecular formula is C32H38F2N6O7. The number of hydrogen-bond acceptors (Lipinski definition) is 9. The average Bonchev–Trinajstić information content (AvgIpc) is 3.67. The van der Waals surface area contributed by atoms with Crippen LogP contribution in [0.15, 0.2) is 34.3 Å². The van der Waals surface area contributed by atoms with Crippen LogP contribution in [0.5, 0.6) is 5.75 Å². The van der Waals surface area contributed by atoms with Crippen molar-refractivity contribution in [3.8, 4) is 5.75 Å². The second-order valence-corrected chi connectivity index (χ2v) is 12.7. The lowest BCUT2D eigenvalue weighted by molar-refractivity contribution is -0.0657. The normalized spacial score (nSPS) is 24.7. The summed E-state index contributed by atoms with van der Waals surface area (Å²) in [6.45, 7) is 4.24. The van der Waals surface area contributed by atoms with Crippen LogP contribution in [0.25, 0.3) is 0 Å². The molecule has 2 fully saturated rings. The van der Waals surface area contributed by atoms with E-state index in [2.05, 4.69) is 15.8 Å². The molecule has 1 spiro atoms. The third kappa shape index (κ3) is 6.27. The summed E-state index contributed by atoms with van der Waals surface area (Å²) in [5, 5.41) is 10.0. The van der Waals surface area contributed by atoms with Crippen LogP contribution in [0.1, 0.15) is 78.4 Å². The van der Waals surface area contributed by atoms with Gasteiger partial charge in [-0.2, -0.15) is 0 Å². The number of carbonyl (C=O) groups is 3. The van der Waals surface area contributed by atoms with E-state index >= 15 is 0 Å². The molecule has 4 aliphatic heterocycles. The maximum atomic E-state index is 14.3. The van der Waals surface area contributed by atoms with Gasteiger partial charge in [-0.3, -0.25) is 14.4 Å². The van der Waals surface area contributed by atoms with Gasteiger partial charge in [0, 0.05) is 63.0 Å². The number of oxime groups is 1. The molecule has 4 atom stereocenters. The number of nitrogens with zero attached hydrogens (tertiary/aromatic N) is 4. The van der Waals surface area contributed by atoms with E-state index < -0.39 is 59.2 Å². The van der Waals surface area contributed by atoms with Crippen LogP contribution in [0.4, 0.5) is 13.6 Å². The van der Waals surface area contributed by atoms with Crippen molar-refractivity contribution in [2.45, 2.75) is 76.2 Å². The Kier molecular flexibility index (Phi) is 8.92. The second kappa shape index (κ2) is 12.9. The number of likely N-dealkylation sites (N-methyl/N-ethyl adjacent to an activating group) is 1. The topological polar surface area (TPSA) is 144 Å². The monoisotopic (exact) mass is 656 g/mol. The van der Waals surface area contributed by atoms with E-state index in [-0.39, 0.29) is 42.0 Å². The van der Waals surface area contributed by atoms with E-state index in [1.54, 1.807) is 11.9 Å². The molecule has 0 saturated carbocycles. The smallest absolute Gasteiger partial charge is 0.412 e. The summed E-state index contributed by atoms with van der Waals surface area (Å²) >= 11 is 0. The van der Waals surface area contributed by atoms with Crippen LogP contribution in [0, 0.1) is 11.6 Å². The lowest BCUT2D eigenvalue weighted by atomic mass is 9.84. The predicted molar refractivity (Wildman–Crippen MR) is 164 cm³/mol. The summed E-state index contributed by atoms with van der Waals surface area (Å²) in [5.74, 6) is -3.44. The molecule has 5 heterocycles. The standard InChI is InChI=1S/C32H38F2N6O7/c1-18-12-32(47-37-18)9-8-19(2)39-16-25(32)40-15-23(29(42)36-13-20-6-7-21(33)11-24(20)34)27(41)28(26(40)30(39)43)45-17-46-31(44)38(3)14-22-5-4-10-35-22/h6-7,11,15,19,22,25,35H,4-5,8-10,12-14,16-17H2,1-3H3,(H,36,42)/t19-,22-,25+,32-/m0/s1. The van der Waals surface area contributed by atoms with Crippen molar-refractivity contribution in [3.05, 3.63) is 63.1 Å². The van der Waals surface area contributed by atoms with E-state index in [1.165, 1.54) is 21.7 Å². The summed E-state index contributed by atoms with van der Waals surface area (Å²) in [5.41, 5.74) is -1.48. The number of fused-ring (bicyclic) bond motifs is 5. The van der Waals surface area contributed by atoms with Crippen molar-refractivity contribution in [1.82, 2.24) is 25.0 Å². The van der Waals surface area contributed by atoms with Gasteiger partial charge in [0.15, 0.2) is 11.3 Å². The Morgan fingerprint density at radius 3 is 2.77 bits per heavy atom. The fraction of sp³-hybridized carbons (Fsp3) is 0.531. The quantitative estimate of drug-likeness (QED) is 0.413. The van der Waals surface area contributed by atoms with E-state index in [9.17, 15) is 28.0 Å². The number of pyridine rings is 1. The highest BCUT2D eigenvalue weighted by Gasteiger charge is 2.54. The van der Waals surface area contributed by atoms with E-state index in [4.69, 9.17) is 14.3 Å². The molecule has 1 aromatic heterocycles. The van der Waals surface area contributed by atoms with Crippen molar-refractivity contribution in [2.24, 2.45) is 5.16 Å². The lowest BCUT2D eigenvalue weighted by Gasteiger charge is -2.42. The number of halogens is 2. The van der Waals surface area contributed by atoms with Crippen molar-refractivity contribution in [3.63, 3.8) is 0 Å². The number of nitrogens with one attached hydrogen (secondary N) is 2. The molecule has 0 radical (unpaired) electrons. The third-order valence-electron chi connectivity index (χ3n) is 9.48. The zero-order valence-electron chi connectivity index (χ0n) is 26.5. The van der Waals surface area contributed by atoms with Crippen molar-refractivity contribution >= 4 is 23.6 Å². The minimum absolute atomic E-state index is 0.00706. The Labute approximate surface area is 269 Å². The molecule has 1 aromatic carbocycles. The summed E-state index contributed by atoms with van der Waals surface area (Å²) in [7, 11) is 1.59. The third-order valence-corrected chi connectivity index (χ3v) is 9.48. The van der Waals surface area contributed by atoms with Gasteiger partial charge in [0.2, 0.25) is 18.0 Å². The van der Waals surface area contributed by atoms with E-state index in [0.29, 0.717) is 31.9 Å². The minimum atomic E-state index is -0.914. The van der Waals surface area contributed by atoms with Crippen molar-refractivity contribution in [1.29, 1.82) is 0 Å². The van der Waals surface area contributed by atoms with Crippen LogP contribution in [-0.4, -0.2) is 89.1 Å². The van der Waals surface area contributed by atoms with E-state index in [0.717, 1.165) is 31.2 Å². The molecule has 13 nitrogen and oxygen atoms in total. The van der Waals surface area contributed by atoms with Gasteiger partial charge in [-0.15, -0.1) is 0 Å². The first kappa shape index (κ1) is 32.4. The average molecular weight is 657 g/mol. The largest absolute Gasteiger partial charge is 0.451 e. The van der Waals surface area contributed by atoms with Gasteiger partial charge in [0.25, 0.3) is 11.8 Å². The molecule has 0 aliphatic carbocycles. The van der Waals surface area contributed by atoms with Gasteiger partial charge in [-0.1, -0.05) is 11.2 Å². The molecule has 2 aromatic rings. The highest BCUT2D eigenvalue weighted by molar-refractivity contribution is 5.99. The molecule has 15 heteroatoms. The number of aromatic nitrogens is 1. The summed E-state index contributed by atoms with van der Waals surface area (Å²) < 4.78 is 40.4. The maximum Gasteiger partial charge on any atom is 0.412 e. The zero-order chi connectivity index (χ0) is 33.5. The SMILES string of the molecule is CC1=NO[C@@]2(CC[C@H](C)N3C[C@H]2n2cc(C(=O)NCc4ccc(F)cc4F)c(=O)c(OCOC(=O)N(C)C[C@@H]4CCCN4)c2C3=O)C1. The number of carbonyl (C=O) groups excluding carboxylic acids is 3. The van der Waals surface area contributed by atoms with Crippen LogP contribution < -0.4 is 20.8 Å². The number of ether oxygens (including phenoxy) is 2. The van der Waals surface area contributed by atoms with Gasteiger partial charge >= 0.3 is 6.09 Å². The highest BCUT2D eigenvalue weighted by Crippen LogP contribution is 2.46. The summed E-state index contributed by atoms with van der Waals surface area (Å²) in [6, 6.07) is 2.32. The number of rotatable bonds is 8. The fourth-order valence-electron chi connectivity index (χ4n) is 6.91. The summed E-state index contributed by atoms with van der Waals surface area (Å²) in [6.07, 6.45) is 4.17. The summed E-state index contributed by atoms with van der Waals surface area (Å²) in [4.78, 5) is 63.3. The minimum Gasteiger partial charge on any atom is -0.451 e. The zero-order valence-corrected chi connectivity index (χ0v) is 26.5. The Balaban J connectivity index is 1.34. The van der Waals surface area contributed by atoms with Crippen LogP contribution in [-0.2, 0) is 16.1 Å². The molecule has 4 aliphatic rings.